The molecule has 4 nitrogen and oxygen atoms in total. The second-order valence-electron chi connectivity index (χ2n) is 3.84. The molecule has 0 saturated carbocycles. The van der Waals surface area contributed by atoms with Gasteiger partial charge in [0.15, 0.2) is 5.78 Å². The van der Waals surface area contributed by atoms with E-state index in [0.717, 1.165) is 0 Å². The van der Waals surface area contributed by atoms with E-state index in [2.05, 4.69) is 6.58 Å². The number of hydrogen-bond donors (Lipinski definition) is 1. The van der Waals surface area contributed by atoms with Gasteiger partial charge in [0, 0.05) is 18.6 Å². The molecule has 1 aromatic rings. The van der Waals surface area contributed by atoms with Gasteiger partial charge in [0.25, 0.3) is 0 Å². The van der Waals surface area contributed by atoms with Gasteiger partial charge in [-0.1, -0.05) is 6.58 Å². The van der Waals surface area contributed by atoms with E-state index in [4.69, 9.17) is 14.6 Å². The van der Waals surface area contributed by atoms with Gasteiger partial charge in [0.2, 0.25) is 0 Å². The molecule has 0 aliphatic carbocycles. The Bertz CT molecular complexity index is 477. The fourth-order valence-corrected chi connectivity index (χ4v) is 1.94. The number of ketones is 1. The number of aliphatic hydroxyl groups is 1. The van der Waals surface area contributed by atoms with Crippen LogP contribution in [0.3, 0.4) is 0 Å². The first-order chi connectivity index (χ1) is 8.17. The van der Waals surface area contributed by atoms with Crippen LogP contribution in [-0.2, 0) is 6.42 Å². The molecule has 1 heterocycles. The summed E-state index contributed by atoms with van der Waals surface area (Å²) in [6.07, 6.45) is 0.588. The Kier molecular flexibility index (Phi) is 3.15. The molecule has 0 unspecified atom stereocenters. The van der Waals surface area contributed by atoms with Gasteiger partial charge in [-0.05, 0) is 12.1 Å². The lowest BCUT2D eigenvalue weighted by Gasteiger charge is -2.22. The Morgan fingerprint density at radius 2 is 2.29 bits per heavy atom. The molecule has 0 aromatic heterocycles. The molecule has 1 N–H and O–H groups in total. The zero-order valence-corrected chi connectivity index (χ0v) is 9.66. The summed E-state index contributed by atoms with van der Waals surface area (Å²) in [5.74, 6) is 1.49. The van der Waals surface area contributed by atoms with Crippen LogP contribution in [0.15, 0.2) is 24.5 Å². The number of aliphatic hydroxyl groups excluding tert-OH is 1. The topological polar surface area (TPSA) is 55.8 Å². The minimum Gasteiger partial charge on any atom is -0.496 e. The summed E-state index contributed by atoms with van der Waals surface area (Å²) in [7, 11) is 1.54. The minimum atomic E-state index is -0.0309. The Labute approximate surface area is 99.5 Å². The highest BCUT2D eigenvalue weighted by molar-refractivity contribution is 6.01. The largest absolute Gasteiger partial charge is 0.496 e. The van der Waals surface area contributed by atoms with E-state index in [9.17, 15) is 4.79 Å². The van der Waals surface area contributed by atoms with Crippen LogP contribution < -0.4 is 9.47 Å². The lowest BCUT2D eigenvalue weighted by molar-refractivity contribution is 0.0964. The first kappa shape index (κ1) is 11.7. The van der Waals surface area contributed by atoms with Gasteiger partial charge < -0.3 is 14.6 Å². The predicted octanol–water partition coefficient (Wildman–Crippen LogP) is 1.71. The smallest absolute Gasteiger partial charge is 0.174 e. The number of fused-ring (bicyclic) bond motifs is 1. The van der Waals surface area contributed by atoms with Crippen LogP contribution in [-0.4, -0.2) is 24.6 Å². The number of methoxy groups -OCH3 is 1. The highest BCUT2D eigenvalue weighted by Crippen LogP contribution is 2.37. The van der Waals surface area contributed by atoms with E-state index in [0.29, 0.717) is 34.8 Å². The maximum absolute atomic E-state index is 11.8. The Balaban J connectivity index is 2.58. The van der Waals surface area contributed by atoms with Crippen molar-refractivity contribution in [3.63, 3.8) is 0 Å². The summed E-state index contributed by atoms with van der Waals surface area (Å²) in [4.78, 5) is 11.8. The molecule has 0 radical (unpaired) electrons. The molecule has 0 fully saturated rings. The van der Waals surface area contributed by atoms with E-state index >= 15 is 0 Å². The average molecular weight is 234 g/mol. The molecule has 17 heavy (non-hydrogen) atoms. The van der Waals surface area contributed by atoms with Crippen LogP contribution in [0.1, 0.15) is 22.3 Å². The van der Waals surface area contributed by atoms with E-state index in [1.165, 1.54) is 0 Å². The van der Waals surface area contributed by atoms with Gasteiger partial charge in [0.05, 0.1) is 19.1 Å². The van der Waals surface area contributed by atoms with Gasteiger partial charge in [-0.3, -0.25) is 4.79 Å². The molecule has 2 rings (SSSR count). The molecule has 90 valence electrons. The number of allylic oxidation sites excluding steroid dienone is 1. The maximum atomic E-state index is 11.8. The second-order valence-corrected chi connectivity index (χ2v) is 3.84. The first-order valence-electron chi connectivity index (χ1n) is 5.37. The number of rotatable bonds is 3. The number of carbonyl (C=O) groups is 1. The van der Waals surface area contributed by atoms with E-state index in [-0.39, 0.29) is 18.8 Å². The van der Waals surface area contributed by atoms with Crippen molar-refractivity contribution in [2.75, 3.05) is 13.7 Å². The zero-order valence-electron chi connectivity index (χ0n) is 9.66. The third-order valence-corrected chi connectivity index (χ3v) is 2.70. The minimum absolute atomic E-state index is 0.0157. The van der Waals surface area contributed by atoms with E-state index in [1.54, 1.807) is 19.2 Å². The number of hydrogen-bond acceptors (Lipinski definition) is 4. The molecule has 0 spiro atoms. The molecule has 1 aliphatic heterocycles. The van der Waals surface area contributed by atoms with E-state index < -0.39 is 0 Å². The highest BCUT2D eigenvalue weighted by atomic mass is 16.5. The predicted molar refractivity (Wildman–Crippen MR) is 62.5 cm³/mol. The van der Waals surface area contributed by atoms with Crippen LogP contribution >= 0.6 is 0 Å². The Hall–Kier alpha value is -1.81. The van der Waals surface area contributed by atoms with Crippen molar-refractivity contribution in [1.29, 1.82) is 0 Å². The van der Waals surface area contributed by atoms with Crippen LogP contribution in [0.2, 0.25) is 0 Å². The fourth-order valence-electron chi connectivity index (χ4n) is 1.94. The van der Waals surface area contributed by atoms with Gasteiger partial charge in [-0.2, -0.15) is 0 Å². The normalized spacial score (nSPS) is 14.2. The highest BCUT2D eigenvalue weighted by Gasteiger charge is 2.25. The summed E-state index contributed by atoms with van der Waals surface area (Å²) in [6.45, 7) is 3.64. The van der Waals surface area contributed by atoms with Crippen molar-refractivity contribution >= 4 is 5.78 Å². The van der Waals surface area contributed by atoms with Crippen LogP contribution in [0.25, 0.3) is 0 Å². The standard InChI is InChI=1S/C13H14O4/c1-8-7-11(15)9-3-4-12(16-2)10(5-6-14)13(9)17-8/h3-4,14H,1,5-7H2,2H3. The molecule has 1 aliphatic rings. The van der Waals surface area contributed by atoms with Crippen molar-refractivity contribution in [3.05, 3.63) is 35.6 Å². The molecule has 1 aromatic carbocycles. The van der Waals surface area contributed by atoms with Crippen LogP contribution in [0.5, 0.6) is 11.5 Å². The maximum Gasteiger partial charge on any atom is 0.174 e. The van der Waals surface area contributed by atoms with E-state index in [1.807, 2.05) is 0 Å². The quantitative estimate of drug-likeness (QED) is 0.865. The summed E-state index contributed by atoms with van der Waals surface area (Å²) in [5, 5.41) is 9.05. The molecule has 0 bridgehead atoms. The van der Waals surface area contributed by atoms with Crippen LogP contribution in [0, 0.1) is 0 Å². The Morgan fingerprint density at radius 3 is 2.94 bits per heavy atom. The number of benzene rings is 1. The van der Waals surface area contributed by atoms with Crippen molar-refractivity contribution in [2.45, 2.75) is 12.8 Å². The lowest BCUT2D eigenvalue weighted by Crippen LogP contribution is -2.15. The molecule has 0 saturated heterocycles. The van der Waals surface area contributed by atoms with Gasteiger partial charge in [0.1, 0.15) is 17.3 Å². The number of Topliss-reactive ketones (excluding diaryl/α,β-unsaturated/α-hetero) is 1. The summed E-state index contributed by atoms with van der Waals surface area (Å²) in [5.41, 5.74) is 1.24. The van der Waals surface area contributed by atoms with Crippen LogP contribution in [0.4, 0.5) is 0 Å². The number of ether oxygens (including phenoxy) is 2. The molecule has 0 amide bonds. The summed E-state index contributed by atoms with van der Waals surface area (Å²) >= 11 is 0. The first-order valence-corrected chi connectivity index (χ1v) is 5.37. The summed E-state index contributed by atoms with van der Waals surface area (Å²) < 4.78 is 10.7. The molecule has 0 atom stereocenters. The van der Waals surface area contributed by atoms with Crippen molar-refractivity contribution < 1.29 is 19.4 Å². The van der Waals surface area contributed by atoms with Crippen molar-refractivity contribution in [1.82, 2.24) is 0 Å². The molecule has 4 heteroatoms. The van der Waals surface area contributed by atoms with Crippen molar-refractivity contribution in [2.24, 2.45) is 0 Å². The molecular formula is C13H14O4. The lowest BCUT2D eigenvalue weighted by atomic mass is 9.98. The monoisotopic (exact) mass is 234 g/mol. The zero-order chi connectivity index (χ0) is 12.4. The SMILES string of the molecule is C=C1CC(=O)c2ccc(OC)c(CCO)c2O1. The number of carbonyl (C=O) groups excluding carboxylic acids is 1. The van der Waals surface area contributed by atoms with Gasteiger partial charge in [-0.15, -0.1) is 0 Å². The Morgan fingerprint density at radius 1 is 1.53 bits per heavy atom. The average Bonchev–Trinajstić information content (AvgIpc) is 2.30. The van der Waals surface area contributed by atoms with Gasteiger partial charge >= 0.3 is 0 Å². The van der Waals surface area contributed by atoms with Crippen molar-refractivity contribution in [3.8, 4) is 11.5 Å². The van der Waals surface area contributed by atoms with Gasteiger partial charge in [-0.25, -0.2) is 0 Å². The fraction of sp³-hybridized carbons (Fsp3) is 0.308. The summed E-state index contributed by atoms with van der Waals surface area (Å²) in [6, 6.07) is 3.41. The third kappa shape index (κ3) is 2.03. The molecular weight excluding hydrogens is 220 g/mol. The third-order valence-electron chi connectivity index (χ3n) is 2.70. The second kappa shape index (κ2) is 4.59.